The molecule has 0 heterocycles. The number of sulfonamides is 1. The van der Waals surface area contributed by atoms with Crippen molar-refractivity contribution in [1.29, 1.82) is 0 Å². The van der Waals surface area contributed by atoms with E-state index in [1.807, 2.05) is 20.8 Å². The first-order valence-electron chi connectivity index (χ1n) is 5.56. The zero-order chi connectivity index (χ0) is 12.7. The molecule has 2 N–H and O–H groups in total. The molecule has 5 nitrogen and oxygen atoms in total. The predicted molar refractivity (Wildman–Crippen MR) is 66.0 cm³/mol. The minimum absolute atomic E-state index is 0.104. The molecule has 0 aliphatic heterocycles. The van der Waals surface area contributed by atoms with Crippen molar-refractivity contribution < 1.29 is 13.2 Å². The van der Waals surface area contributed by atoms with Crippen LogP contribution in [0.25, 0.3) is 0 Å². The molecule has 6 heteroatoms. The van der Waals surface area contributed by atoms with Crippen LogP contribution >= 0.6 is 0 Å². The topological polar surface area (TPSA) is 67.4 Å². The van der Waals surface area contributed by atoms with E-state index in [1.54, 1.807) is 7.11 Å². The molecule has 0 aromatic carbocycles. The summed E-state index contributed by atoms with van der Waals surface area (Å²) in [6.45, 7) is 7.34. The van der Waals surface area contributed by atoms with Gasteiger partial charge in [0.15, 0.2) is 0 Å². The summed E-state index contributed by atoms with van der Waals surface area (Å²) in [5.41, 5.74) is -0.468. The van der Waals surface area contributed by atoms with Crippen molar-refractivity contribution in [3.05, 3.63) is 0 Å². The van der Waals surface area contributed by atoms with E-state index >= 15 is 0 Å². The van der Waals surface area contributed by atoms with Gasteiger partial charge in [0.25, 0.3) is 0 Å². The molecule has 0 saturated heterocycles. The molecule has 0 fully saturated rings. The van der Waals surface area contributed by atoms with Crippen LogP contribution in [0.1, 0.15) is 27.2 Å². The second-order valence-electron chi connectivity index (χ2n) is 4.35. The van der Waals surface area contributed by atoms with Crippen LogP contribution in [-0.4, -0.2) is 46.5 Å². The monoisotopic (exact) mass is 252 g/mol. The molecule has 0 bridgehead atoms. The summed E-state index contributed by atoms with van der Waals surface area (Å²) < 4.78 is 30.8. The number of rotatable bonds is 9. The molecule has 0 atom stereocenters. The molecule has 0 unspecified atom stereocenters. The molecule has 0 rings (SSSR count). The van der Waals surface area contributed by atoms with Gasteiger partial charge in [0.05, 0.1) is 11.4 Å². The van der Waals surface area contributed by atoms with Gasteiger partial charge >= 0.3 is 0 Å². The first-order valence-corrected chi connectivity index (χ1v) is 7.21. The van der Waals surface area contributed by atoms with Crippen molar-refractivity contribution in [2.75, 3.05) is 32.5 Å². The third-order valence-corrected chi connectivity index (χ3v) is 3.57. The van der Waals surface area contributed by atoms with Crippen LogP contribution in [0.5, 0.6) is 0 Å². The van der Waals surface area contributed by atoms with E-state index in [0.717, 1.165) is 13.0 Å². The highest BCUT2D eigenvalue weighted by atomic mass is 32.2. The summed E-state index contributed by atoms with van der Waals surface area (Å²) in [5, 5.41) is 3.05. The maximum absolute atomic E-state index is 11.5. The van der Waals surface area contributed by atoms with E-state index in [4.69, 9.17) is 4.74 Å². The lowest BCUT2D eigenvalue weighted by atomic mass is 10.1. The standard InChI is InChI=1S/C10H24N2O3S/c1-5-6-11-7-8-16(13,14)12-9-10(2,3)15-4/h11-12H,5-9H2,1-4H3. The number of ether oxygens (including phenoxy) is 1. The molecule has 0 aromatic heterocycles. The molecule has 0 amide bonds. The SMILES string of the molecule is CCCNCCS(=O)(=O)NCC(C)(C)OC. The van der Waals surface area contributed by atoms with Crippen LogP contribution < -0.4 is 10.0 Å². The van der Waals surface area contributed by atoms with Crippen molar-refractivity contribution in [3.8, 4) is 0 Å². The molecule has 0 aliphatic carbocycles. The maximum Gasteiger partial charge on any atom is 0.212 e. The van der Waals surface area contributed by atoms with Crippen molar-refractivity contribution in [3.63, 3.8) is 0 Å². The average Bonchev–Trinajstić information content (AvgIpc) is 2.22. The minimum atomic E-state index is -3.20. The quantitative estimate of drug-likeness (QED) is 0.580. The molecule has 16 heavy (non-hydrogen) atoms. The highest BCUT2D eigenvalue weighted by molar-refractivity contribution is 7.89. The fraction of sp³-hybridized carbons (Fsp3) is 1.00. The molecule has 0 aliphatic rings. The molecule has 0 saturated carbocycles. The van der Waals surface area contributed by atoms with Gasteiger partial charge in [-0.2, -0.15) is 0 Å². The van der Waals surface area contributed by atoms with Crippen LogP contribution in [-0.2, 0) is 14.8 Å². The summed E-state index contributed by atoms with van der Waals surface area (Å²) in [5.74, 6) is 0.104. The molecule has 0 aromatic rings. The van der Waals surface area contributed by atoms with Crippen LogP contribution in [0.15, 0.2) is 0 Å². The first kappa shape index (κ1) is 15.8. The third kappa shape index (κ3) is 8.04. The Balaban J connectivity index is 3.88. The molecular weight excluding hydrogens is 228 g/mol. The van der Waals surface area contributed by atoms with Crippen LogP contribution in [0.4, 0.5) is 0 Å². The van der Waals surface area contributed by atoms with E-state index < -0.39 is 15.6 Å². The lowest BCUT2D eigenvalue weighted by Gasteiger charge is -2.23. The Labute approximate surface area is 99.0 Å². The zero-order valence-corrected chi connectivity index (χ0v) is 11.5. The summed E-state index contributed by atoms with van der Waals surface area (Å²) in [7, 11) is -1.63. The Kier molecular flexibility index (Phi) is 7.14. The molecular formula is C10H24N2O3S. The highest BCUT2D eigenvalue weighted by Crippen LogP contribution is 2.05. The van der Waals surface area contributed by atoms with Crippen molar-refractivity contribution in [1.82, 2.24) is 10.0 Å². The smallest absolute Gasteiger partial charge is 0.212 e. The number of hydrogen-bond acceptors (Lipinski definition) is 4. The molecule has 98 valence electrons. The van der Waals surface area contributed by atoms with Gasteiger partial charge < -0.3 is 10.1 Å². The van der Waals surface area contributed by atoms with E-state index in [2.05, 4.69) is 10.0 Å². The van der Waals surface area contributed by atoms with Gasteiger partial charge in [-0.15, -0.1) is 0 Å². The van der Waals surface area contributed by atoms with Gasteiger partial charge in [0.2, 0.25) is 10.0 Å². The molecule has 0 spiro atoms. The third-order valence-electron chi connectivity index (χ3n) is 2.24. The summed E-state index contributed by atoms with van der Waals surface area (Å²) in [4.78, 5) is 0. The minimum Gasteiger partial charge on any atom is -0.377 e. The lowest BCUT2D eigenvalue weighted by Crippen LogP contribution is -2.41. The van der Waals surface area contributed by atoms with Crippen LogP contribution in [0.2, 0.25) is 0 Å². The van der Waals surface area contributed by atoms with E-state index in [-0.39, 0.29) is 5.75 Å². The van der Waals surface area contributed by atoms with Gasteiger partial charge in [-0.05, 0) is 26.8 Å². The van der Waals surface area contributed by atoms with Crippen molar-refractivity contribution in [2.24, 2.45) is 0 Å². The number of hydrogen-bond donors (Lipinski definition) is 2. The Morgan fingerprint density at radius 1 is 1.25 bits per heavy atom. The van der Waals surface area contributed by atoms with Gasteiger partial charge in [-0.3, -0.25) is 0 Å². The Bertz CT molecular complexity index is 276. The van der Waals surface area contributed by atoms with E-state index in [9.17, 15) is 8.42 Å². The largest absolute Gasteiger partial charge is 0.377 e. The van der Waals surface area contributed by atoms with Gasteiger partial charge in [0.1, 0.15) is 0 Å². The van der Waals surface area contributed by atoms with E-state index in [1.165, 1.54) is 0 Å². The van der Waals surface area contributed by atoms with Crippen molar-refractivity contribution in [2.45, 2.75) is 32.8 Å². The number of methoxy groups -OCH3 is 1. The van der Waals surface area contributed by atoms with Crippen LogP contribution in [0.3, 0.4) is 0 Å². The second-order valence-corrected chi connectivity index (χ2v) is 6.28. The predicted octanol–water partition coefficient (Wildman–Crippen LogP) is 0.330. The van der Waals surface area contributed by atoms with E-state index in [0.29, 0.717) is 13.1 Å². The fourth-order valence-electron chi connectivity index (χ4n) is 0.936. The Hall–Kier alpha value is -0.170. The van der Waals surface area contributed by atoms with Crippen molar-refractivity contribution >= 4 is 10.0 Å². The Morgan fingerprint density at radius 3 is 2.38 bits per heavy atom. The Morgan fingerprint density at radius 2 is 1.88 bits per heavy atom. The fourth-order valence-corrected chi connectivity index (χ4v) is 2.06. The van der Waals surface area contributed by atoms with Gasteiger partial charge in [-0.25, -0.2) is 13.1 Å². The first-order chi connectivity index (χ1) is 7.33. The second kappa shape index (κ2) is 7.21. The van der Waals surface area contributed by atoms with Gasteiger partial charge in [-0.1, -0.05) is 6.92 Å². The zero-order valence-electron chi connectivity index (χ0n) is 10.7. The number of nitrogens with one attached hydrogen (secondary N) is 2. The lowest BCUT2D eigenvalue weighted by molar-refractivity contribution is 0.0276. The normalized spacial score (nSPS) is 13.0. The molecule has 0 radical (unpaired) electrons. The highest BCUT2D eigenvalue weighted by Gasteiger charge is 2.19. The maximum atomic E-state index is 11.5. The average molecular weight is 252 g/mol. The summed E-state index contributed by atoms with van der Waals surface area (Å²) in [6, 6.07) is 0. The summed E-state index contributed by atoms with van der Waals surface area (Å²) in [6.07, 6.45) is 1.00. The van der Waals surface area contributed by atoms with Gasteiger partial charge in [0, 0.05) is 20.2 Å². The summed E-state index contributed by atoms with van der Waals surface area (Å²) >= 11 is 0. The van der Waals surface area contributed by atoms with Crippen LogP contribution in [0, 0.1) is 0 Å².